The molecule has 4 aromatic heterocycles. The van der Waals surface area contributed by atoms with Gasteiger partial charge in [-0.15, -0.1) is 0 Å². The Morgan fingerprint density at radius 2 is 0.375 bits per heavy atom. The largest absolute Gasteiger partial charge is 0.497 e. The van der Waals surface area contributed by atoms with E-state index in [0.29, 0.717) is 90.6 Å². The summed E-state index contributed by atoms with van der Waals surface area (Å²) in [6.07, 6.45) is 0. The molecule has 28 nitrogen and oxygen atoms in total. The number of aryl methyl sites for hydroxylation is 8. The second-order valence-electron chi connectivity index (χ2n) is 33.2. The zero-order chi connectivity index (χ0) is 103. The molecular weight excluding hydrogens is 1810 g/mol. The van der Waals surface area contributed by atoms with Crippen LogP contribution in [0.15, 0.2) is 380 Å². The lowest BCUT2D eigenvalue weighted by Gasteiger charge is -2.13. The zero-order valence-corrected chi connectivity index (χ0v) is 82.4. The van der Waals surface area contributed by atoms with Gasteiger partial charge in [0.1, 0.15) is 23.0 Å². The Balaban J connectivity index is 0.000000162. The van der Waals surface area contributed by atoms with E-state index in [1.807, 2.05) is 298 Å². The number of aromatic nitrogens is 4. The van der Waals surface area contributed by atoms with Crippen molar-refractivity contribution in [1.82, 2.24) is 19.9 Å². The van der Waals surface area contributed by atoms with E-state index in [1.54, 1.807) is 80.4 Å². The maximum Gasteiger partial charge on any atom is 0.269 e. The quantitative estimate of drug-likeness (QED) is 0.0250. The normalized spacial score (nSPS) is 11.9. The molecule has 0 radical (unpaired) electrons. The molecule has 4 heterocycles. The Morgan fingerprint density at radius 1 is 0.208 bits per heavy atom. The lowest BCUT2D eigenvalue weighted by atomic mass is 10.0. The maximum atomic E-state index is 11.3. The molecule has 12 aromatic carbocycles. The van der Waals surface area contributed by atoms with Crippen LogP contribution in [0.3, 0.4) is 0 Å². The third-order valence-electron chi connectivity index (χ3n) is 22.9. The summed E-state index contributed by atoms with van der Waals surface area (Å²) in [7, 11) is 6.66. The van der Waals surface area contributed by atoms with Crippen LogP contribution in [0, 0.1) is 95.8 Å². The molecule has 0 aliphatic heterocycles. The molecule has 0 N–H and O–H groups in total. The van der Waals surface area contributed by atoms with Gasteiger partial charge in [-0.25, -0.2) is 39.9 Å². The number of hydrogen-bond donors (Lipinski definition) is 0. The number of pyridine rings is 4. The zero-order valence-electron chi connectivity index (χ0n) is 82.4. The van der Waals surface area contributed by atoms with E-state index < -0.39 is 19.7 Å². The van der Waals surface area contributed by atoms with Gasteiger partial charge in [-0.3, -0.25) is 60.4 Å². The first kappa shape index (κ1) is 103. The van der Waals surface area contributed by atoms with Crippen LogP contribution in [-0.4, -0.2) is 114 Å². The summed E-state index contributed by atoms with van der Waals surface area (Å²) in [6, 6.07) is 104. The van der Waals surface area contributed by atoms with Gasteiger partial charge in [0.2, 0.25) is 0 Å². The number of benzene rings is 12. The molecule has 0 aliphatic rings. The number of nitro groups is 4. The van der Waals surface area contributed by atoms with E-state index in [-0.39, 0.29) is 22.7 Å². The highest BCUT2D eigenvalue weighted by molar-refractivity contribution is 6.18. The summed E-state index contributed by atoms with van der Waals surface area (Å²) in [5.74, 6) is 3.25. The molecule has 0 saturated heterocycles. The standard InChI is InChI=1S/C35H31N3O2.C33H25N5O4.C25H27N3O2.C23H21N5O4/c1-24-22-28(39-3)18-20-30(24)37-34(26-12-7-5-8-13-26)32-16-11-17-33(36-32)35(27-14-9-6-10-15-27)38-31-21-19-29(40-4)23-25(31)2;1-22-20-26(37(39)40)16-18-28(22)35-32(24-10-5-3-6-11-24)30-14-9-15-31(34-30)33(25-12-7-4-8-13-25)36-29-19-17-27(38(41)42)21-23(29)2;1-16-14-20(29-5)10-12-22(16)26-18(3)24-8-7-9-25(28-24)19(4)27-23-13-11-21(30-6)15-17(23)2;1-14-12-18(27(29)30)8-10-20(14)24-16(3)22-6-5-7-23(26-22)17(4)25-21-11-9-19(28(31)32)13-15(21)2/h5-23H,1-4H3;3-21H,1-2H3;7-15H,1-6H3;5-13H,1-4H3. The fraction of sp³-hybridized carbons (Fsp3) is 0.138. The summed E-state index contributed by atoms with van der Waals surface area (Å²) in [6.45, 7) is 22.8. The minimum absolute atomic E-state index is 0.00177. The average Bonchev–Trinajstić information content (AvgIpc) is 0.792. The first-order chi connectivity index (χ1) is 69.4. The molecule has 0 atom stereocenters. The number of hydrogen-bond acceptors (Lipinski definition) is 24. The Kier molecular flexibility index (Phi) is 34.7. The topological polar surface area (TPSA) is 360 Å². The highest BCUT2D eigenvalue weighted by atomic mass is 16.6. The van der Waals surface area contributed by atoms with Gasteiger partial charge < -0.3 is 18.9 Å². The fourth-order valence-corrected chi connectivity index (χ4v) is 15.0. The van der Waals surface area contributed by atoms with Crippen LogP contribution in [0.25, 0.3) is 0 Å². The Hall–Kier alpha value is -18.6. The molecule has 144 heavy (non-hydrogen) atoms. The van der Waals surface area contributed by atoms with Crippen molar-refractivity contribution >= 4 is 114 Å². The van der Waals surface area contributed by atoms with Gasteiger partial charge in [0, 0.05) is 70.8 Å². The number of non-ortho nitro benzene ring substituents is 4. The minimum atomic E-state index is -0.437. The number of nitrogens with zero attached hydrogens (tertiary/aromatic N) is 16. The summed E-state index contributed by atoms with van der Waals surface area (Å²) in [5, 5.41) is 44.4. The molecule has 0 saturated carbocycles. The van der Waals surface area contributed by atoms with E-state index in [1.165, 1.54) is 48.5 Å². The van der Waals surface area contributed by atoms with Crippen LogP contribution in [0.4, 0.5) is 68.2 Å². The van der Waals surface area contributed by atoms with Gasteiger partial charge in [0.25, 0.3) is 22.7 Å². The summed E-state index contributed by atoms with van der Waals surface area (Å²) < 4.78 is 21.3. The molecule has 16 rings (SSSR count). The first-order valence-electron chi connectivity index (χ1n) is 45.7. The first-order valence-corrected chi connectivity index (χ1v) is 45.7. The number of ether oxygens (including phenoxy) is 4. The van der Waals surface area contributed by atoms with Gasteiger partial charge in [0.05, 0.1) is 185 Å². The Labute approximate surface area is 834 Å². The van der Waals surface area contributed by atoms with Crippen molar-refractivity contribution < 1.29 is 38.6 Å². The average molecular weight is 1910 g/mol. The van der Waals surface area contributed by atoms with Crippen LogP contribution < -0.4 is 18.9 Å². The van der Waals surface area contributed by atoms with Gasteiger partial charge in [-0.2, -0.15) is 0 Å². The number of methoxy groups -OCH3 is 4. The van der Waals surface area contributed by atoms with Crippen LogP contribution in [-0.2, 0) is 0 Å². The second-order valence-corrected chi connectivity index (χ2v) is 33.2. The van der Waals surface area contributed by atoms with Gasteiger partial charge in [-0.1, -0.05) is 146 Å². The predicted octanol–water partition coefficient (Wildman–Crippen LogP) is 27.7. The van der Waals surface area contributed by atoms with E-state index in [9.17, 15) is 40.5 Å². The second kappa shape index (κ2) is 48.6. The fourth-order valence-electron chi connectivity index (χ4n) is 15.0. The minimum Gasteiger partial charge on any atom is -0.497 e. The van der Waals surface area contributed by atoms with E-state index in [4.69, 9.17) is 63.9 Å². The number of aliphatic imine (C=N–C) groups is 8. The van der Waals surface area contributed by atoms with Crippen molar-refractivity contribution in [3.63, 3.8) is 0 Å². The van der Waals surface area contributed by atoms with Crippen molar-refractivity contribution in [2.45, 2.75) is 83.1 Å². The number of rotatable bonds is 28. The van der Waals surface area contributed by atoms with E-state index in [2.05, 4.69) is 39.2 Å². The van der Waals surface area contributed by atoms with Crippen molar-refractivity contribution in [1.29, 1.82) is 0 Å². The molecule has 16 aromatic rings. The van der Waals surface area contributed by atoms with Crippen molar-refractivity contribution in [2.75, 3.05) is 28.4 Å². The van der Waals surface area contributed by atoms with Crippen LogP contribution in [0.2, 0.25) is 0 Å². The van der Waals surface area contributed by atoms with Crippen molar-refractivity contribution in [2.24, 2.45) is 39.9 Å². The molecule has 0 amide bonds. The van der Waals surface area contributed by atoms with Gasteiger partial charge in [-0.05, 0) is 273 Å². The summed E-state index contributed by atoms with van der Waals surface area (Å²) >= 11 is 0. The third-order valence-corrected chi connectivity index (χ3v) is 22.9. The lowest BCUT2D eigenvalue weighted by molar-refractivity contribution is -0.385. The highest BCUT2D eigenvalue weighted by Crippen LogP contribution is 2.35. The summed E-state index contributed by atoms with van der Waals surface area (Å²) in [5.41, 5.74) is 27.8. The molecule has 720 valence electrons. The van der Waals surface area contributed by atoms with Crippen LogP contribution >= 0.6 is 0 Å². The Morgan fingerprint density at radius 3 is 0.549 bits per heavy atom. The van der Waals surface area contributed by atoms with E-state index in [0.717, 1.165) is 136 Å². The van der Waals surface area contributed by atoms with Gasteiger partial charge in [0.15, 0.2) is 0 Å². The lowest BCUT2D eigenvalue weighted by Crippen LogP contribution is -2.11. The molecule has 0 unspecified atom stereocenters. The molecule has 28 heteroatoms. The van der Waals surface area contributed by atoms with E-state index >= 15 is 0 Å². The third kappa shape index (κ3) is 27.1. The SMILES string of the molecule is CC(=Nc1ccc([N+](=O)[O-])cc1C)c1cccc(C(C)=Nc2ccc([N+](=O)[O-])cc2C)n1.COc1ccc(N=C(C)c2cccc(C(C)=Nc3ccc(OC)cc3C)n2)c(C)c1.COc1ccc(N=C(c2ccccc2)c2cccc(C(=Nc3ccc(OC)cc3C)c3ccccc3)n2)c(C)c1.Cc1cc([N+](=O)[O-])ccc1N=C(c1ccccc1)c1cccc(C(=Nc2ccc([N+](=O)[O-])cc2C)c2ccccc2)n1. The molecule has 0 bridgehead atoms. The maximum absolute atomic E-state index is 11.3. The molecular formula is C116H104N16O12. The predicted molar refractivity (Wildman–Crippen MR) is 574 cm³/mol. The Bertz CT molecular complexity index is 7280. The van der Waals surface area contributed by atoms with Crippen molar-refractivity contribution in [3.8, 4) is 23.0 Å². The monoisotopic (exact) mass is 1910 g/mol. The summed E-state index contributed by atoms with van der Waals surface area (Å²) in [4.78, 5) is 101. The number of nitro benzene ring substituents is 4. The van der Waals surface area contributed by atoms with Crippen LogP contribution in [0.1, 0.15) is 140 Å². The van der Waals surface area contributed by atoms with Crippen molar-refractivity contribution in [3.05, 3.63) is 492 Å². The molecule has 0 aliphatic carbocycles. The smallest absolute Gasteiger partial charge is 0.269 e. The molecule has 0 fully saturated rings. The van der Waals surface area contributed by atoms with Crippen LogP contribution in [0.5, 0.6) is 23.0 Å². The molecule has 0 spiro atoms. The van der Waals surface area contributed by atoms with Gasteiger partial charge >= 0.3 is 0 Å². The highest BCUT2D eigenvalue weighted by Gasteiger charge is 2.22.